The number of likely N-dealkylation sites (tertiary alicyclic amines) is 1. The van der Waals surface area contributed by atoms with Gasteiger partial charge in [0.1, 0.15) is 0 Å². The molecule has 1 rings (SSSR count). The molecule has 0 amide bonds. The van der Waals surface area contributed by atoms with E-state index in [4.69, 9.17) is 5.73 Å². The van der Waals surface area contributed by atoms with E-state index in [0.717, 1.165) is 12.3 Å². The number of nitrogens with two attached hydrogens (primary N) is 1. The van der Waals surface area contributed by atoms with Crippen molar-refractivity contribution < 1.29 is 0 Å². The highest BCUT2D eigenvalue weighted by atomic mass is 15.1. The third-order valence-electron chi connectivity index (χ3n) is 3.31. The summed E-state index contributed by atoms with van der Waals surface area (Å²) in [5.74, 6) is 0.906. The van der Waals surface area contributed by atoms with Crippen molar-refractivity contribution in [2.45, 2.75) is 52.0 Å². The van der Waals surface area contributed by atoms with Crippen molar-refractivity contribution in [2.75, 3.05) is 19.6 Å². The number of piperidine rings is 1. The smallest absolute Gasteiger partial charge is 0.00366 e. The van der Waals surface area contributed by atoms with Crippen LogP contribution in [0.2, 0.25) is 0 Å². The van der Waals surface area contributed by atoms with Gasteiger partial charge in [0.2, 0.25) is 0 Å². The highest BCUT2D eigenvalue weighted by molar-refractivity contribution is 4.70. The summed E-state index contributed by atoms with van der Waals surface area (Å²) in [6.45, 7) is 8.42. The van der Waals surface area contributed by atoms with Crippen LogP contribution in [0.1, 0.15) is 46.0 Å². The molecular weight excluding hydrogens is 172 g/mol. The first kappa shape index (κ1) is 12.0. The van der Waals surface area contributed by atoms with E-state index in [-0.39, 0.29) is 0 Å². The minimum Gasteiger partial charge on any atom is -0.328 e. The van der Waals surface area contributed by atoms with E-state index in [1.54, 1.807) is 0 Å². The van der Waals surface area contributed by atoms with Gasteiger partial charge in [-0.05, 0) is 51.1 Å². The number of nitrogens with zero attached hydrogens (tertiary/aromatic N) is 1. The van der Waals surface area contributed by atoms with E-state index in [1.807, 2.05) is 0 Å². The lowest BCUT2D eigenvalue weighted by atomic mass is 10.00. The molecular formula is C12H26N2. The predicted octanol–water partition coefficient (Wildman–Crippen LogP) is 2.24. The highest BCUT2D eigenvalue weighted by Crippen LogP contribution is 2.15. The summed E-state index contributed by atoms with van der Waals surface area (Å²) >= 11 is 0. The predicted molar refractivity (Wildman–Crippen MR) is 62.3 cm³/mol. The molecule has 0 aromatic heterocycles. The van der Waals surface area contributed by atoms with Gasteiger partial charge in [0.15, 0.2) is 0 Å². The molecule has 1 aliphatic heterocycles. The Morgan fingerprint density at radius 1 is 1.50 bits per heavy atom. The summed E-state index contributed by atoms with van der Waals surface area (Å²) in [4.78, 5) is 2.61. The molecule has 0 bridgehead atoms. The number of rotatable bonds is 5. The van der Waals surface area contributed by atoms with Crippen molar-refractivity contribution in [3.63, 3.8) is 0 Å². The van der Waals surface area contributed by atoms with Crippen molar-refractivity contribution in [1.29, 1.82) is 0 Å². The van der Waals surface area contributed by atoms with E-state index in [1.165, 1.54) is 45.3 Å². The van der Waals surface area contributed by atoms with Crippen LogP contribution in [-0.2, 0) is 0 Å². The van der Waals surface area contributed by atoms with Crippen LogP contribution in [0.5, 0.6) is 0 Å². The van der Waals surface area contributed by atoms with Crippen LogP contribution in [-0.4, -0.2) is 30.6 Å². The lowest BCUT2D eigenvalue weighted by Gasteiger charge is -2.30. The highest BCUT2D eigenvalue weighted by Gasteiger charge is 2.15. The molecule has 0 aromatic carbocycles. The first-order chi connectivity index (χ1) is 6.72. The van der Waals surface area contributed by atoms with Crippen LogP contribution in [0.15, 0.2) is 0 Å². The molecule has 2 unspecified atom stereocenters. The minimum atomic E-state index is 0.428. The fourth-order valence-electron chi connectivity index (χ4n) is 2.27. The summed E-state index contributed by atoms with van der Waals surface area (Å²) in [6, 6.07) is 0.428. The maximum absolute atomic E-state index is 5.90. The van der Waals surface area contributed by atoms with Gasteiger partial charge in [-0.25, -0.2) is 0 Å². The van der Waals surface area contributed by atoms with E-state index < -0.39 is 0 Å². The van der Waals surface area contributed by atoms with Gasteiger partial charge in [0.25, 0.3) is 0 Å². The third-order valence-corrected chi connectivity index (χ3v) is 3.31. The summed E-state index contributed by atoms with van der Waals surface area (Å²) in [7, 11) is 0. The summed E-state index contributed by atoms with van der Waals surface area (Å²) in [5, 5.41) is 0. The largest absolute Gasteiger partial charge is 0.328 e. The van der Waals surface area contributed by atoms with E-state index in [2.05, 4.69) is 18.7 Å². The number of hydrogen-bond donors (Lipinski definition) is 1. The molecule has 84 valence electrons. The first-order valence-electron chi connectivity index (χ1n) is 6.20. The Labute approximate surface area is 88.8 Å². The Morgan fingerprint density at radius 3 is 2.93 bits per heavy atom. The Morgan fingerprint density at radius 2 is 2.29 bits per heavy atom. The zero-order chi connectivity index (χ0) is 10.4. The van der Waals surface area contributed by atoms with Gasteiger partial charge in [0.05, 0.1) is 0 Å². The average Bonchev–Trinajstić information content (AvgIpc) is 2.17. The monoisotopic (exact) mass is 198 g/mol. The Hall–Kier alpha value is -0.0800. The van der Waals surface area contributed by atoms with Gasteiger partial charge in [-0.1, -0.05) is 13.8 Å². The van der Waals surface area contributed by atoms with E-state index in [9.17, 15) is 0 Å². The molecule has 2 heteroatoms. The standard InChI is InChI=1S/C12H26N2/c1-3-12(13)7-5-9-14-8-4-6-11(2)10-14/h11-12H,3-10,13H2,1-2H3. The topological polar surface area (TPSA) is 29.3 Å². The molecule has 2 N–H and O–H groups in total. The van der Waals surface area contributed by atoms with Gasteiger partial charge in [0, 0.05) is 12.6 Å². The van der Waals surface area contributed by atoms with Crippen molar-refractivity contribution >= 4 is 0 Å². The molecule has 0 spiro atoms. The fraction of sp³-hybridized carbons (Fsp3) is 1.00. The second-order valence-electron chi connectivity index (χ2n) is 4.86. The average molecular weight is 198 g/mol. The lowest BCUT2D eigenvalue weighted by molar-refractivity contribution is 0.180. The molecule has 0 radical (unpaired) electrons. The summed E-state index contributed by atoms with van der Waals surface area (Å²) < 4.78 is 0. The van der Waals surface area contributed by atoms with Gasteiger partial charge in [-0.15, -0.1) is 0 Å². The first-order valence-corrected chi connectivity index (χ1v) is 6.20. The minimum absolute atomic E-state index is 0.428. The van der Waals surface area contributed by atoms with Crippen LogP contribution in [0.25, 0.3) is 0 Å². The molecule has 2 nitrogen and oxygen atoms in total. The second-order valence-corrected chi connectivity index (χ2v) is 4.86. The zero-order valence-corrected chi connectivity index (χ0v) is 9.84. The fourth-order valence-corrected chi connectivity index (χ4v) is 2.27. The zero-order valence-electron chi connectivity index (χ0n) is 9.84. The molecule has 1 aliphatic rings. The van der Waals surface area contributed by atoms with Crippen molar-refractivity contribution in [2.24, 2.45) is 11.7 Å². The SMILES string of the molecule is CCC(N)CCCN1CCCC(C)C1. The van der Waals surface area contributed by atoms with E-state index in [0.29, 0.717) is 6.04 Å². The molecule has 0 saturated carbocycles. The maximum Gasteiger partial charge on any atom is 0.00366 e. The molecule has 1 saturated heterocycles. The van der Waals surface area contributed by atoms with Crippen LogP contribution in [0, 0.1) is 5.92 Å². The van der Waals surface area contributed by atoms with Crippen LogP contribution in [0.3, 0.4) is 0 Å². The lowest BCUT2D eigenvalue weighted by Crippen LogP contribution is -2.35. The van der Waals surface area contributed by atoms with E-state index >= 15 is 0 Å². The van der Waals surface area contributed by atoms with Gasteiger partial charge in [-0.3, -0.25) is 0 Å². The molecule has 1 fully saturated rings. The van der Waals surface area contributed by atoms with Crippen molar-refractivity contribution in [1.82, 2.24) is 4.90 Å². The Kier molecular flexibility index (Phi) is 5.49. The van der Waals surface area contributed by atoms with Gasteiger partial charge < -0.3 is 10.6 Å². The number of hydrogen-bond acceptors (Lipinski definition) is 2. The molecule has 0 aliphatic carbocycles. The van der Waals surface area contributed by atoms with Crippen LogP contribution in [0.4, 0.5) is 0 Å². The maximum atomic E-state index is 5.90. The van der Waals surface area contributed by atoms with Crippen molar-refractivity contribution in [3.05, 3.63) is 0 Å². The molecule has 0 aromatic rings. The van der Waals surface area contributed by atoms with Crippen LogP contribution >= 0.6 is 0 Å². The van der Waals surface area contributed by atoms with Crippen molar-refractivity contribution in [3.8, 4) is 0 Å². The molecule has 1 heterocycles. The molecule has 2 atom stereocenters. The quantitative estimate of drug-likeness (QED) is 0.734. The Bertz CT molecular complexity index is 147. The summed E-state index contributed by atoms with van der Waals surface area (Å²) in [5.41, 5.74) is 5.90. The third kappa shape index (κ3) is 4.43. The summed E-state index contributed by atoms with van der Waals surface area (Å²) in [6.07, 6.45) is 6.41. The normalized spacial score (nSPS) is 26.4. The second kappa shape index (κ2) is 6.41. The molecule has 14 heavy (non-hydrogen) atoms. The Balaban J connectivity index is 2.05. The van der Waals surface area contributed by atoms with Crippen LogP contribution < -0.4 is 5.73 Å². The van der Waals surface area contributed by atoms with Gasteiger partial charge >= 0.3 is 0 Å². The van der Waals surface area contributed by atoms with Gasteiger partial charge in [-0.2, -0.15) is 0 Å².